The highest BCUT2D eigenvalue weighted by atomic mass is 19.1. The Balaban J connectivity index is 1.67. The lowest BCUT2D eigenvalue weighted by Crippen LogP contribution is -2.30. The molecule has 0 aliphatic rings. The molecule has 8 heteroatoms. The number of hydrogen-bond acceptors (Lipinski definition) is 4. The molecule has 0 spiro atoms. The molecule has 0 fully saturated rings. The fraction of sp³-hybridized carbons (Fsp3) is 0.294. The van der Waals surface area contributed by atoms with Gasteiger partial charge in [-0.3, -0.25) is 4.79 Å². The maximum Gasteiger partial charge on any atom is 0.319 e. The van der Waals surface area contributed by atoms with Gasteiger partial charge in [-0.1, -0.05) is 0 Å². The molecule has 2 rings (SSSR count). The van der Waals surface area contributed by atoms with Crippen molar-refractivity contribution < 1.29 is 23.1 Å². The molecule has 7 nitrogen and oxygen atoms in total. The molecule has 0 aliphatic heterocycles. The van der Waals surface area contributed by atoms with E-state index >= 15 is 0 Å². The van der Waals surface area contributed by atoms with Gasteiger partial charge in [0.2, 0.25) is 5.91 Å². The largest absolute Gasteiger partial charge is 0.467 e. The maximum absolute atomic E-state index is 13.5. The van der Waals surface area contributed by atoms with E-state index in [4.69, 9.17) is 9.15 Å². The van der Waals surface area contributed by atoms with Crippen molar-refractivity contribution in [1.29, 1.82) is 0 Å². The SMILES string of the molecule is CC(=O)Nc1cc(NC(=O)NCCCOCc2ccco2)ccc1F. The second-order valence-electron chi connectivity index (χ2n) is 5.24. The third-order valence-corrected chi connectivity index (χ3v) is 3.11. The summed E-state index contributed by atoms with van der Waals surface area (Å²) in [5.74, 6) is -0.220. The number of urea groups is 1. The number of halogens is 1. The molecule has 0 unspecified atom stereocenters. The van der Waals surface area contributed by atoms with Crippen LogP contribution in [0.3, 0.4) is 0 Å². The Kier molecular flexibility index (Phi) is 6.97. The molecule has 134 valence electrons. The van der Waals surface area contributed by atoms with Crippen molar-refractivity contribution in [3.05, 3.63) is 48.2 Å². The van der Waals surface area contributed by atoms with E-state index in [-0.39, 0.29) is 5.69 Å². The monoisotopic (exact) mass is 349 g/mol. The van der Waals surface area contributed by atoms with Crippen LogP contribution in [0.2, 0.25) is 0 Å². The fourth-order valence-corrected chi connectivity index (χ4v) is 2.01. The molecule has 25 heavy (non-hydrogen) atoms. The first-order valence-electron chi connectivity index (χ1n) is 7.76. The number of benzene rings is 1. The molecule has 1 aromatic heterocycles. The van der Waals surface area contributed by atoms with Crippen LogP contribution < -0.4 is 16.0 Å². The van der Waals surface area contributed by atoms with Crippen molar-refractivity contribution >= 4 is 23.3 Å². The van der Waals surface area contributed by atoms with Gasteiger partial charge < -0.3 is 25.1 Å². The molecular weight excluding hydrogens is 329 g/mol. The summed E-state index contributed by atoms with van der Waals surface area (Å²) < 4.78 is 24.1. The van der Waals surface area contributed by atoms with E-state index in [2.05, 4.69) is 16.0 Å². The van der Waals surface area contributed by atoms with Gasteiger partial charge in [0.1, 0.15) is 18.2 Å². The Morgan fingerprint density at radius 1 is 1.24 bits per heavy atom. The van der Waals surface area contributed by atoms with E-state index in [9.17, 15) is 14.0 Å². The summed E-state index contributed by atoms with van der Waals surface area (Å²) in [4.78, 5) is 22.8. The topological polar surface area (TPSA) is 92.6 Å². The molecular formula is C17H20FN3O4. The number of carbonyl (C=O) groups is 2. The van der Waals surface area contributed by atoms with E-state index in [1.54, 1.807) is 12.3 Å². The molecule has 0 saturated carbocycles. The lowest BCUT2D eigenvalue weighted by Gasteiger charge is -2.10. The zero-order chi connectivity index (χ0) is 18.1. The molecule has 3 amide bonds. The van der Waals surface area contributed by atoms with Gasteiger partial charge in [-0.15, -0.1) is 0 Å². The smallest absolute Gasteiger partial charge is 0.319 e. The molecule has 1 heterocycles. The minimum atomic E-state index is -0.574. The zero-order valence-electron chi connectivity index (χ0n) is 13.8. The molecule has 0 radical (unpaired) electrons. The van der Waals surface area contributed by atoms with Crippen LogP contribution in [0.15, 0.2) is 41.0 Å². The zero-order valence-corrected chi connectivity index (χ0v) is 13.8. The van der Waals surface area contributed by atoms with Crippen molar-refractivity contribution in [3.8, 4) is 0 Å². The van der Waals surface area contributed by atoms with Gasteiger partial charge in [0, 0.05) is 25.8 Å². The fourth-order valence-electron chi connectivity index (χ4n) is 2.01. The van der Waals surface area contributed by atoms with E-state index in [1.165, 1.54) is 25.1 Å². The number of nitrogens with one attached hydrogen (secondary N) is 3. The third kappa shape index (κ3) is 6.64. The number of hydrogen-bond donors (Lipinski definition) is 3. The third-order valence-electron chi connectivity index (χ3n) is 3.11. The summed E-state index contributed by atoms with van der Waals surface area (Å²) in [5, 5.41) is 7.59. The minimum absolute atomic E-state index is 0.0108. The van der Waals surface area contributed by atoms with Crippen molar-refractivity contribution in [2.24, 2.45) is 0 Å². The van der Waals surface area contributed by atoms with Crippen LogP contribution >= 0.6 is 0 Å². The van der Waals surface area contributed by atoms with E-state index in [0.29, 0.717) is 31.9 Å². The van der Waals surface area contributed by atoms with Gasteiger partial charge in [0.25, 0.3) is 0 Å². The number of rotatable bonds is 8. The average molecular weight is 349 g/mol. The summed E-state index contributed by atoms with van der Waals surface area (Å²) >= 11 is 0. The van der Waals surface area contributed by atoms with Gasteiger partial charge in [-0.2, -0.15) is 0 Å². The van der Waals surface area contributed by atoms with Crippen molar-refractivity contribution in [2.75, 3.05) is 23.8 Å². The Morgan fingerprint density at radius 2 is 2.08 bits per heavy atom. The summed E-state index contributed by atoms with van der Waals surface area (Å²) in [5.41, 5.74) is 0.383. The maximum atomic E-state index is 13.5. The quantitative estimate of drug-likeness (QED) is 0.639. The average Bonchev–Trinajstić information content (AvgIpc) is 3.07. The Bertz CT molecular complexity index is 704. The van der Waals surface area contributed by atoms with Crippen LogP contribution in [-0.4, -0.2) is 25.1 Å². The molecule has 1 aromatic carbocycles. The number of furan rings is 1. The van der Waals surface area contributed by atoms with Crippen LogP contribution in [0.25, 0.3) is 0 Å². The van der Waals surface area contributed by atoms with Gasteiger partial charge in [0.15, 0.2) is 0 Å². The van der Waals surface area contributed by atoms with Crippen molar-refractivity contribution in [1.82, 2.24) is 5.32 Å². The lowest BCUT2D eigenvalue weighted by atomic mass is 10.2. The number of anilines is 2. The van der Waals surface area contributed by atoms with E-state index in [1.807, 2.05) is 6.07 Å². The molecule has 0 atom stereocenters. The van der Waals surface area contributed by atoms with Crippen LogP contribution in [0.4, 0.5) is 20.6 Å². The summed E-state index contributed by atoms with van der Waals surface area (Å²) in [7, 11) is 0. The van der Waals surface area contributed by atoms with Gasteiger partial charge in [-0.25, -0.2) is 9.18 Å². The Labute approximate surface area is 144 Å². The highest BCUT2D eigenvalue weighted by Gasteiger charge is 2.07. The Morgan fingerprint density at radius 3 is 2.80 bits per heavy atom. The normalized spacial score (nSPS) is 10.3. The van der Waals surface area contributed by atoms with Gasteiger partial charge >= 0.3 is 6.03 Å². The van der Waals surface area contributed by atoms with E-state index < -0.39 is 17.8 Å². The molecule has 0 bridgehead atoms. The Hall–Kier alpha value is -2.87. The summed E-state index contributed by atoms with van der Waals surface area (Å²) in [6.07, 6.45) is 2.21. The van der Waals surface area contributed by atoms with Crippen molar-refractivity contribution in [3.63, 3.8) is 0 Å². The summed E-state index contributed by atoms with van der Waals surface area (Å²) in [6, 6.07) is 7.12. The molecule has 0 saturated heterocycles. The standard InChI is InChI=1S/C17H20FN3O4/c1-12(22)20-16-10-13(5-6-15(16)18)21-17(23)19-7-3-8-24-11-14-4-2-9-25-14/h2,4-6,9-10H,3,7-8,11H2,1H3,(H,20,22)(H2,19,21,23). The van der Waals surface area contributed by atoms with Crippen LogP contribution in [0.5, 0.6) is 0 Å². The second-order valence-corrected chi connectivity index (χ2v) is 5.24. The number of ether oxygens (including phenoxy) is 1. The second kappa shape index (κ2) is 9.43. The van der Waals surface area contributed by atoms with Gasteiger partial charge in [0.05, 0.1) is 12.0 Å². The highest BCUT2D eigenvalue weighted by molar-refractivity contribution is 5.92. The summed E-state index contributed by atoms with van der Waals surface area (Å²) in [6.45, 7) is 2.56. The number of amides is 3. The van der Waals surface area contributed by atoms with Crippen LogP contribution in [0.1, 0.15) is 19.1 Å². The van der Waals surface area contributed by atoms with Crippen molar-refractivity contribution in [2.45, 2.75) is 20.0 Å². The molecule has 3 N–H and O–H groups in total. The number of carbonyl (C=O) groups excluding carboxylic acids is 2. The van der Waals surface area contributed by atoms with Gasteiger partial charge in [-0.05, 0) is 36.8 Å². The first-order chi connectivity index (χ1) is 12.0. The highest BCUT2D eigenvalue weighted by Crippen LogP contribution is 2.19. The lowest BCUT2D eigenvalue weighted by molar-refractivity contribution is -0.114. The van der Waals surface area contributed by atoms with Crippen LogP contribution in [-0.2, 0) is 16.1 Å². The minimum Gasteiger partial charge on any atom is -0.467 e. The molecule has 2 aromatic rings. The molecule has 0 aliphatic carbocycles. The predicted octanol–water partition coefficient (Wildman–Crippen LogP) is 3.11. The van der Waals surface area contributed by atoms with Crippen LogP contribution in [0, 0.1) is 5.82 Å². The van der Waals surface area contributed by atoms with E-state index in [0.717, 1.165) is 5.76 Å². The predicted molar refractivity (Wildman–Crippen MR) is 90.7 cm³/mol. The first-order valence-corrected chi connectivity index (χ1v) is 7.76. The first kappa shape index (κ1) is 18.5.